The van der Waals surface area contributed by atoms with Crippen molar-refractivity contribution in [3.05, 3.63) is 42.2 Å². The van der Waals surface area contributed by atoms with E-state index >= 15 is 0 Å². The van der Waals surface area contributed by atoms with E-state index in [1.54, 1.807) is 19.2 Å². The first kappa shape index (κ1) is 13.9. The number of hydrogen-bond acceptors (Lipinski definition) is 5. The third-order valence-corrected chi connectivity index (χ3v) is 3.10. The van der Waals surface area contributed by atoms with Crippen molar-refractivity contribution in [3.8, 4) is 17.1 Å². The van der Waals surface area contributed by atoms with E-state index < -0.39 is 6.03 Å². The van der Waals surface area contributed by atoms with Gasteiger partial charge < -0.3 is 9.15 Å². The second-order valence-electron chi connectivity index (χ2n) is 4.56. The number of methoxy groups -OCH3 is 1. The summed E-state index contributed by atoms with van der Waals surface area (Å²) in [5.74, 6) is 1.41. The minimum absolute atomic E-state index is 0.0879. The zero-order valence-electron chi connectivity index (χ0n) is 11.8. The molecule has 2 aromatic rings. The molecule has 0 aliphatic carbocycles. The average molecular weight is 299 g/mol. The number of hydrogen-bond donors (Lipinski definition) is 1. The lowest BCUT2D eigenvalue weighted by Crippen LogP contribution is -2.24. The van der Waals surface area contributed by atoms with Gasteiger partial charge in [-0.25, -0.2) is 9.80 Å². The molecule has 112 valence electrons. The minimum atomic E-state index is -0.544. The van der Waals surface area contributed by atoms with Gasteiger partial charge in [-0.1, -0.05) is 12.1 Å². The Kier molecular flexibility index (Phi) is 3.61. The summed E-state index contributed by atoms with van der Waals surface area (Å²) < 4.78 is 10.9. The fraction of sp³-hybridized carbons (Fsp3) is 0.133. The second kappa shape index (κ2) is 5.72. The molecule has 1 aromatic carbocycles. The summed E-state index contributed by atoms with van der Waals surface area (Å²) in [6.45, 7) is -0.0879. The first-order chi connectivity index (χ1) is 10.7. The molecule has 22 heavy (non-hydrogen) atoms. The molecule has 1 aliphatic rings. The van der Waals surface area contributed by atoms with E-state index in [9.17, 15) is 9.59 Å². The molecule has 0 unspecified atom stereocenters. The van der Waals surface area contributed by atoms with Gasteiger partial charge in [0.15, 0.2) is 0 Å². The lowest BCUT2D eigenvalue weighted by atomic mass is 10.1. The molecule has 0 bridgehead atoms. The molecule has 1 aromatic heterocycles. The summed E-state index contributed by atoms with van der Waals surface area (Å²) in [6.07, 6.45) is 1.39. The number of nitrogens with zero attached hydrogens (tertiary/aromatic N) is 2. The molecule has 0 spiro atoms. The predicted octanol–water partition coefficient (Wildman–Crippen LogP) is 1.84. The number of benzene rings is 1. The molecule has 3 amide bonds. The maximum absolute atomic E-state index is 11.3. The molecule has 1 saturated heterocycles. The van der Waals surface area contributed by atoms with E-state index in [0.717, 1.165) is 10.6 Å². The van der Waals surface area contributed by atoms with Crippen molar-refractivity contribution in [3.63, 3.8) is 0 Å². The lowest BCUT2D eigenvalue weighted by molar-refractivity contribution is -0.118. The van der Waals surface area contributed by atoms with Crippen LogP contribution in [0.2, 0.25) is 0 Å². The highest BCUT2D eigenvalue weighted by molar-refractivity contribution is 6.02. The summed E-state index contributed by atoms with van der Waals surface area (Å²) in [6, 6.07) is 10.4. The monoisotopic (exact) mass is 299 g/mol. The molecule has 1 fully saturated rings. The quantitative estimate of drug-likeness (QED) is 0.689. The SMILES string of the molecule is COc1ccccc1-c1ccc(C=NN2CC(=O)NC2=O)o1. The molecule has 2 heterocycles. The molecule has 7 nitrogen and oxygen atoms in total. The fourth-order valence-corrected chi connectivity index (χ4v) is 2.07. The Labute approximate surface area is 126 Å². The number of para-hydroxylation sites is 1. The number of amides is 3. The van der Waals surface area contributed by atoms with Gasteiger partial charge in [0.1, 0.15) is 23.8 Å². The van der Waals surface area contributed by atoms with Crippen LogP contribution in [0.25, 0.3) is 11.3 Å². The van der Waals surface area contributed by atoms with E-state index in [-0.39, 0.29) is 12.5 Å². The largest absolute Gasteiger partial charge is 0.496 e. The van der Waals surface area contributed by atoms with Gasteiger partial charge in [-0.05, 0) is 24.3 Å². The molecule has 7 heteroatoms. The summed E-state index contributed by atoms with van der Waals surface area (Å²) in [7, 11) is 1.59. The van der Waals surface area contributed by atoms with E-state index in [0.29, 0.717) is 17.3 Å². The minimum Gasteiger partial charge on any atom is -0.496 e. The van der Waals surface area contributed by atoms with Crippen LogP contribution < -0.4 is 10.1 Å². The third kappa shape index (κ3) is 2.69. The zero-order valence-corrected chi connectivity index (χ0v) is 11.8. The van der Waals surface area contributed by atoms with Crippen LogP contribution in [0.15, 0.2) is 45.9 Å². The van der Waals surface area contributed by atoms with Crippen LogP contribution in [-0.4, -0.2) is 36.8 Å². The van der Waals surface area contributed by atoms with Gasteiger partial charge in [0, 0.05) is 0 Å². The Morgan fingerprint density at radius 3 is 2.82 bits per heavy atom. The Hall–Kier alpha value is -3.09. The van der Waals surface area contributed by atoms with Gasteiger partial charge in [0.25, 0.3) is 0 Å². The van der Waals surface area contributed by atoms with Crippen molar-refractivity contribution < 1.29 is 18.7 Å². The number of hydrazone groups is 1. The fourth-order valence-electron chi connectivity index (χ4n) is 2.07. The zero-order chi connectivity index (χ0) is 15.5. The van der Waals surface area contributed by atoms with E-state index in [1.807, 2.05) is 24.3 Å². The van der Waals surface area contributed by atoms with Gasteiger partial charge >= 0.3 is 6.03 Å². The van der Waals surface area contributed by atoms with Gasteiger partial charge in [0.05, 0.1) is 18.9 Å². The Bertz CT molecular complexity index is 751. The molecule has 0 saturated carbocycles. The average Bonchev–Trinajstić information content (AvgIpc) is 3.11. The second-order valence-corrected chi connectivity index (χ2v) is 4.56. The summed E-state index contributed by atoms with van der Waals surface area (Å²) in [5.41, 5.74) is 0.818. The van der Waals surface area contributed by atoms with Crippen molar-refractivity contribution in [2.45, 2.75) is 0 Å². The van der Waals surface area contributed by atoms with Crippen molar-refractivity contribution in [1.29, 1.82) is 0 Å². The van der Waals surface area contributed by atoms with Crippen LogP contribution in [0.1, 0.15) is 5.76 Å². The molecule has 1 N–H and O–H groups in total. The molecule has 1 aliphatic heterocycles. The van der Waals surface area contributed by atoms with Crippen LogP contribution in [-0.2, 0) is 4.79 Å². The summed E-state index contributed by atoms with van der Waals surface area (Å²) >= 11 is 0. The molecule has 0 atom stereocenters. The molecule has 0 radical (unpaired) electrons. The Morgan fingerprint density at radius 2 is 2.09 bits per heavy atom. The summed E-state index contributed by atoms with van der Waals surface area (Å²) in [5, 5.41) is 7.10. The number of urea groups is 1. The first-order valence-electron chi connectivity index (χ1n) is 6.56. The smallest absolute Gasteiger partial charge is 0.344 e. The van der Waals surface area contributed by atoms with Crippen molar-refractivity contribution >= 4 is 18.2 Å². The topological polar surface area (TPSA) is 84.1 Å². The maximum atomic E-state index is 11.3. The standard InChI is InChI=1S/C15H13N3O4/c1-21-12-5-3-2-4-11(12)13-7-6-10(22-13)8-16-18-9-14(19)17-15(18)20/h2-8H,9H2,1H3,(H,17,19,20). The van der Waals surface area contributed by atoms with Crippen LogP contribution in [0, 0.1) is 0 Å². The van der Waals surface area contributed by atoms with E-state index in [4.69, 9.17) is 9.15 Å². The summed E-state index contributed by atoms with van der Waals surface area (Å²) in [4.78, 5) is 22.4. The van der Waals surface area contributed by atoms with Crippen LogP contribution in [0.4, 0.5) is 4.79 Å². The first-order valence-corrected chi connectivity index (χ1v) is 6.56. The Morgan fingerprint density at radius 1 is 1.27 bits per heavy atom. The highest BCUT2D eigenvalue weighted by atomic mass is 16.5. The van der Waals surface area contributed by atoms with Crippen molar-refractivity contribution in [1.82, 2.24) is 10.3 Å². The number of rotatable bonds is 4. The van der Waals surface area contributed by atoms with Crippen molar-refractivity contribution in [2.24, 2.45) is 5.10 Å². The number of nitrogens with one attached hydrogen (secondary N) is 1. The van der Waals surface area contributed by atoms with Gasteiger partial charge in [0.2, 0.25) is 5.91 Å². The van der Waals surface area contributed by atoms with Gasteiger partial charge in [-0.3, -0.25) is 10.1 Å². The Balaban J connectivity index is 1.79. The molecule has 3 rings (SSSR count). The van der Waals surface area contributed by atoms with Gasteiger partial charge in [-0.15, -0.1) is 0 Å². The van der Waals surface area contributed by atoms with Crippen molar-refractivity contribution in [2.75, 3.05) is 13.7 Å². The number of furan rings is 1. The molecular weight excluding hydrogens is 286 g/mol. The maximum Gasteiger partial charge on any atom is 0.344 e. The van der Waals surface area contributed by atoms with Crippen LogP contribution in [0.3, 0.4) is 0 Å². The number of ether oxygens (including phenoxy) is 1. The number of carbonyl (C=O) groups excluding carboxylic acids is 2. The van der Waals surface area contributed by atoms with E-state index in [1.165, 1.54) is 6.21 Å². The third-order valence-electron chi connectivity index (χ3n) is 3.10. The normalized spacial score (nSPS) is 14.7. The molecular formula is C15H13N3O4. The lowest BCUT2D eigenvalue weighted by Gasteiger charge is -2.05. The van der Waals surface area contributed by atoms with Crippen LogP contribution >= 0.6 is 0 Å². The number of carbonyl (C=O) groups is 2. The van der Waals surface area contributed by atoms with Crippen LogP contribution in [0.5, 0.6) is 5.75 Å². The van der Waals surface area contributed by atoms with E-state index in [2.05, 4.69) is 10.4 Å². The van der Waals surface area contributed by atoms with Gasteiger partial charge in [-0.2, -0.15) is 5.10 Å². The highest BCUT2D eigenvalue weighted by Crippen LogP contribution is 2.30. The predicted molar refractivity (Wildman–Crippen MR) is 78.5 cm³/mol. The highest BCUT2D eigenvalue weighted by Gasteiger charge is 2.26. The number of imide groups is 1.